The number of halogens is 2. The van der Waals surface area contributed by atoms with E-state index in [0.29, 0.717) is 17.9 Å². The zero-order valence-corrected chi connectivity index (χ0v) is 9.09. The SMILES string of the molecule is CC(CCc1cc(F)cc(Cl)c1)C(=O)O. The number of hydrogen-bond donors (Lipinski definition) is 1. The first-order valence-corrected chi connectivity index (χ1v) is 5.04. The van der Waals surface area contributed by atoms with E-state index in [-0.39, 0.29) is 5.82 Å². The Morgan fingerprint density at radius 1 is 1.53 bits per heavy atom. The lowest BCUT2D eigenvalue weighted by Crippen LogP contribution is -2.10. The van der Waals surface area contributed by atoms with Gasteiger partial charge in [0.05, 0.1) is 5.92 Å². The van der Waals surface area contributed by atoms with Crippen molar-refractivity contribution in [3.8, 4) is 0 Å². The number of aryl methyl sites for hydroxylation is 1. The fourth-order valence-electron chi connectivity index (χ4n) is 1.26. The molecule has 82 valence electrons. The van der Waals surface area contributed by atoms with Gasteiger partial charge < -0.3 is 5.11 Å². The van der Waals surface area contributed by atoms with E-state index < -0.39 is 11.9 Å². The van der Waals surface area contributed by atoms with Crippen molar-refractivity contribution < 1.29 is 14.3 Å². The van der Waals surface area contributed by atoms with Crippen LogP contribution in [0.1, 0.15) is 18.9 Å². The van der Waals surface area contributed by atoms with E-state index in [0.717, 1.165) is 5.56 Å². The second kappa shape index (κ2) is 5.12. The summed E-state index contributed by atoms with van der Waals surface area (Å²) < 4.78 is 12.9. The van der Waals surface area contributed by atoms with Crippen LogP contribution in [0, 0.1) is 11.7 Å². The van der Waals surface area contributed by atoms with Gasteiger partial charge in [-0.15, -0.1) is 0 Å². The molecule has 1 atom stereocenters. The number of carboxylic acids is 1. The van der Waals surface area contributed by atoms with Crippen molar-refractivity contribution in [3.05, 3.63) is 34.6 Å². The van der Waals surface area contributed by atoms with Crippen LogP contribution in [0.15, 0.2) is 18.2 Å². The molecule has 2 nitrogen and oxygen atoms in total. The first kappa shape index (κ1) is 12.0. The topological polar surface area (TPSA) is 37.3 Å². The third-order valence-corrected chi connectivity index (χ3v) is 2.43. The molecule has 0 amide bonds. The average molecular weight is 231 g/mol. The third-order valence-electron chi connectivity index (χ3n) is 2.21. The smallest absolute Gasteiger partial charge is 0.306 e. The first-order chi connectivity index (χ1) is 6.99. The van der Waals surface area contributed by atoms with Gasteiger partial charge in [0.15, 0.2) is 0 Å². The number of benzene rings is 1. The molecule has 0 aromatic heterocycles. The van der Waals surface area contributed by atoms with Gasteiger partial charge in [0.25, 0.3) is 0 Å². The zero-order chi connectivity index (χ0) is 11.4. The van der Waals surface area contributed by atoms with Crippen molar-refractivity contribution in [3.63, 3.8) is 0 Å². The van der Waals surface area contributed by atoms with Gasteiger partial charge in [-0.2, -0.15) is 0 Å². The van der Waals surface area contributed by atoms with Crippen LogP contribution in [0.4, 0.5) is 4.39 Å². The van der Waals surface area contributed by atoms with Crippen LogP contribution in [0.25, 0.3) is 0 Å². The van der Waals surface area contributed by atoms with Crippen molar-refractivity contribution in [1.82, 2.24) is 0 Å². The second-order valence-electron chi connectivity index (χ2n) is 3.56. The molecule has 1 rings (SSSR count). The minimum absolute atomic E-state index is 0.341. The predicted octanol–water partition coefficient (Wildman–Crippen LogP) is 3.13. The van der Waals surface area contributed by atoms with Crippen molar-refractivity contribution >= 4 is 17.6 Å². The number of hydrogen-bond acceptors (Lipinski definition) is 1. The summed E-state index contributed by atoms with van der Waals surface area (Å²) in [5.74, 6) is -1.65. The molecular weight excluding hydrogens is 219 g/mol. The summed E-state index contributed by atoms with van der Waals surface area (Å²) in [5, 5.41) is 9.01. The monoisotopic (exact) mass is 230 g/mol. The Bertz CT molecular complexity index is 345. The van der Waals surface area contributed by atoms with E-state index in [4.69, 9.17) is 16.7 Å². The molecule has 0 aliphatic rings. The van der Waals surface area contributed by atoms with E-state index >= 15 is 0 Å². The summed E-state index contributed by atoms with van der Waals surface area (Å²) in [5.41, 5.74) is 0.730. The van der Waals surface area contributed by atoms with Gasteiger partial charge in [0, 0.05) is 5.02 Å². The second-order valence-corrected chi connectivity index (χ2v) is 3.99. The quantitative estimate of drug-likeness (QED) is 0.863. The third kappa shape index (κ3) is 3.88. The molecule has 1 unspecified atom stereocenters. The van der Waals surface area contributed by atoms with Gasteiger partial charge in [0.2, 0.25) is 0 Å². The largest absolute Gasteiger partial charge is 0.481 e. The highest BCUT2D eigenvalue weighted by Gasteiger charge is 2.10. The van der Waals surface area contributed by atoms with E-state index in [9.17, 15) is 9.18 Å². The molecule has 0 radical (unpaired) electrons. The maximum absolute atomic E-state index is 12.9. The predicted molar refractivity (Wildman–Crippen MR) is 56.5 cm³/mol. The Hall–Kier alpha value is -1.09. The normalized spacial score (nSPS) is 12.5. The van der Waals surface area contributed by atoms with Crippen molar-refractivity contribution in [2.24, 2.45) is 5.92 Å². The first-order valence-electron chi connectivity index (χ1n) is 4.67. The molecule has 4 heteroatoms. The fraction of sp³-hybridized carbons (Fsp3) is 0.364. The van der Waals surface area contributed by atoms with Crippen LogP contribution < -0.4 is 0 Å². The number of rotatable bonds is 4. The molecule has 1 N–H and O–H groups in total. The van der Waals surface area contributed by atoms with Gasteiger partial charge in [-0.05, 0) is 36.6 Å². The van der Waals surface area contributed by atoms with Crippen LogP contribution >= 0.6 is 11.6 Å². The molecule has 15 heavy (non-hydrogen) atoms. The van der Waals surface area contributed by atoms with Gasteiger partial charge in [-0.1, -0.05) is 18.5 Å². The van der Waals surface area contributed by atoms with Gasteiger partial charge in [-0.3, -0.25) is 4.79 Å². The van der Waals surface area contributed by atoms with E-state index in [2.05, 4.69) is 0 Å². The Morgan fingerprint density at radius 3 is 2.73 bits per heavy atom. The summed E-state index contributed by atoms with van der Waals surface area (Å²) in [7, 11) is 0. The standard InChI is InChI=1S/C11H12ClFO2/c1-7(11(14)15)2-3-8-4-9(12)6-10(13)5-8/h4-7H,2-3H2,1H3,(H,14,15). The molecule has 0 fully saturated rings. The molecule has 1 aromatic rings. The maximum atomic E-state index is 12.9. The minimum Gasteiger partial charge on any atom is -0.481 e. The maximum Gasteiger partial charge on any atom is 0.306 e. The van der Waals surface area contributed by atoms with E-state index in [1.807, 2.05) is 0 Å². The Labute approximate surface area is 92.7 Å². The highest BCUT2D eigenvalue weighted by molar-refractivity contribution is 6.30. The molecule has 1 aromatic carbocycles. The molecule has 0 heterocycles. The minimum atomic E-state index is -0.836. The highest BCUT2D eigenvalue weighted by atomic mass is 35.5. The van der Waals surface area contributed by atoms with Crippen LogP contribution in [-0.2, 0) is 11.2 Å². The molecule has 0 spiro atoms. The van der Waals surface area contributed by atoms with Crippen molar-refractivity contribution in [1.29, 1.82) is 0 Å². The lowest BCUT2D eigenvalue weighted by atomic mass is 10.0. The van der Waals surface area contributed by atoms with Crippen LogP contribution in [-0.4, -0.2) is 11.1 Å². The molecule has 0 aliphatic carbocycles. The number of carboxylic acid groups (broad SMARTS) is 1. The molecule has 0 saturated heterocycles. The number of aliphatic carboxylic acids is 1. The van der Waals surface area contributed by atoms with Crippen LogP contribution in [0.5, 0.6) is 0 Å². The summed E-state index contributed by atoms with van der Waals surface area (Å²) in [6.45, 7) is 1.63. The van der Waals surface area contributed by atoms with Crippen LogP contribution in [0.3, 0.4) is 0 Å². The van der Waals surface area contributed by atoms with E-state index in [1.54, 1.807) is 13.0 Å². The molecule has 0 aliphatic heterocycles. The molecular formula is C11H12ClFO2. The summed E-state index contributed by atoms with van der Waals surface area (Å²) in [6, 6.07) is 4.26. The summed E-state index contributed by atoms with van der Waals surface area (Å²) in [6.07, 6.45) is 1.00. The Kier molecular flexibility index (Phi) is 4.09. The highest BCUT2D eigenvalue weighted by Crippen LogP contribution is 2.17. The van der Waals surface area contributed by atoms with Crippen LogP contribution in [0.2, 0.25) is 5.02 Å². The Balaban J connectivity index is 2.61. The van der Waals surface area contributed by atoms with Crippen molar-refractivity contribution in [2.45, 2.75) is 19.8 Å². The van der Waals surface area contributed by atoms with Gasteiger partial charge in [0.1, 0.15) is 5.82 Å². The summed E-state index contributed by atoms with van der Waals surface area (Å²) >= 11 is 5.67. The number of carbonyl (C=O) groups is 1. The molecule has 0 saturated carbocycles. The fourth-order valence-corrected chi connectivity index (χ4v) is 1.51. The molecule has 0 bridgehead atoms. The zero-order valence-electron chi connectivity index (χ0n) is 8.34. The van der Waals surface area contributed by atoms with Crippen molar-refractivity contribution in [2.75, 3.05) is 0 Å². The van der Waals surface area contributed by atoms with E-state index in [1.165, 1.54) is 12.1 Å². The average Bonchev–Trinajstić information content (AvgIpc) is 2.12. The lowest BCUT2D eigenvalue weighted by Gasteiger charge is -2.06. The summed E-state index contributed by atoms with van der Waals surface area (Å²) in [4.78, 5) is 10.6. The van der Waals surface area contributed by atoms with Gasteiger partial charge >= 0.3 is 5.97 Å². The van der Waals surface area contributed by atoms with Gasteiger partial charge in [-0.25, -0.2) is 4.39 Å². The lowest BCUT2D eigenvalue weighted by molar-refractivity contribution is -0.141. The Morgan fingerprint density at radius 2 is 2.20 bits per heavy atom.